The van der Waals surface area contributed by atoms with Crippen LogP contribution >= 0.6 is 0 Å². The molecular weight excluding hydrogens is 432 g/mol. The highest BCUT2D eigenvalue weighted by atomic mass is 16.6. The average Bonchev–Trinajstić information content (AvgIpc) is 3.19. The number of hydrogen-bond acceptors (Lipinski definition) is 5. The summed E-state index contributed by atoms with van der Waals surface area (Å²) in [4.78, 5) is 33.2. The summed E-state index contributed by atoms with van der Waals surface area (Å²) in [6.07, 6.45) is 0.0341. The number of nitrogens with one attached hydrogen (secondary N) is 1. The third-order valence-corrected chi connectivity index (χ3v) is 5.74. The molecule has 4 rings (SSSR count). The number of carbonyl (C=O) groups is 2. The molecule has 0 bridgehead atoms. The van der Waals surface area contributed by atoms with E-state index < -0.39 is 6.04 Å². The average molecular weight is 461 g/mol. The van der Waals surface area contributed by atoms with Gasteiger partial charge in [0.15, 0.2) is 11.5 Å². The number of rotatable bonds is 10. The van der Waals surface area contributed by atoms with E-state index in [-0.39, 0.29) is 24.8 Å². The summed E-state index contributed by atoms with van der Waals surface area (Å²) in [5, 5.41) is 0. The van der Waals surface area contributed by atoms with Gasteiger partial charge in [-0.15, -0.1) is 0 Å². The van der Waals surface area contributed by atoms with Crippen molar-refractivity contribution in [3.63, 3.8) is 0 Å². The first-order chi connectivity index (χ1) is 16.6. The topological polar surface area (TPSA) is 77.1 Å². The lowest BCUT2D eigenvalue weighted by atomic mass is 10.0. The van der Waals surface area contributed by atoms with Gasteiger partial charge in [-0.25, -0.2) is 5.48 Å². The van der Waals surface area contributed by atoms with Gasteiger partial charge < -0.3 is 14.4 Å². The van der Waals surface area contributed by atoms with Crippen LogP contribution in [0.3, 0.4) is 0 Å². The second-order valence-electron chi connectivity index (χ2n) is 7.95. The SMILES string of the molecule is CCOc1cc(C(CC(=O)NOCc2ccccc2)N2Cc3ccccc3C2=O)ccc1OC. The summed E-state index contributed by atoms with van der Waals surface area (Å²) >= 11 is 0. The first-order valence-corrected chi connectivity index (χ1v) is 11.2. The Morgan fingerprint density at radius 1 is 1.03 bits per heavy atom. The standard InChI is InChI=1S/C27H28N2O5/c1-3-33-25-15-20(13-14-24(25)32-2)23(29-17-21-11-7-8-12-22(21)27(29)31)16-26(30)28-34-18-19-9-5-4-6-10-19/h4-15,23H,3,16-18H2,1-2H3,(H,28,30). The first kappa shape index (κ1) is 23.3. The predicted octanol–water partition coefficient (Wildman–Crippen LogP) is 4.43. The molecule has 3 aromatic carbocycles. The minimum Gasteiger partial charge on any atom is -0.493 e. The molecule has 7 nitrogen and oxygen atoms in total. The summed E-state index contributed by atoms with van der Waals surface area (Å²) < 4.78 is 11.1. The number of amides is 2. The zero-order chi connectivity index (χ0) is 23.9. The van der Waals surface area contributed by atoms with Crippen LogP contribution in [0.2, 0.25) is 0 Å². The van der Waals surface area contributed by atoms with Gasteiger partial charge in [-0.3, -0.25) is 14.4 Å². The fraction of sp³-hybridized carbons (Fsp3) is 0.259. The summed E-state index contributed by atoms with van der Waals surface area (Å²) in [7, 11) is 1.58. The molecule has 0 aliphatic carbocycles. The Kier molecular flexibility index (Phi) is 7.44. The molecular formula is C27H28N2O5. The number of nitrogens with zero attached hydrogens (tertiary/aromatic N) is 1. The molecule has 0 spiro atoms. The van der Waals surface area contributed by atoms with Gasteiger partial charge in [0.25, 0.3) is 5.91 Å². The Bertz CT molecular complexity index is 1150. The molecule has 34 heavy (non-hydrogen) atoms. The quantitative estimate of drug-likeness (QED) is 0.453. The second kappa shape index (κ2) is 10.9. The lowest BCUT2D eigenvalue weighted by molar-refractivity contribution is -0.135. The number of carbonyl (C=O) groups excluding carboxylic acids is 2. The van der Waals surface area contributed by atoms with Crippen molar-refractivity contribution in [3.05, 3.63) is 95.1 Å². The number of methoxy groups -OCH3 is 1. The van der Waals surface area contributed by atoms with E-state index in [1.54, 1.807) is 18.1 Å². The summed E-state index contributed by atoms with van der Waals surface area (Å²) in [5.74, 6) is 0.735. The number of ether oxygens (including phenoxy) is 2. The Morgan fingerprint density at radius 3 is 2.53 bits per heavy atom. The Hall–Kier alpha value is -3.84. The van der Waals surface area contributed by atoms with E-state index in [2.05, 4.69) is 5.48 Å². The van der Waals surface area contributed by atoms with Crippen molar-refractivity contribution in [2.24, 2.45) is 0 Å². The van der Waals surface area contributed by atoms with Crippen molar-refractivity contribution in [2.75, 3.05) is 13.7 Å². The van der Waals surface area contributed by atoms with E-state index in [1.165, 1.54) is 0 Å². The van der Waals surface area contributed by atoms with E-state index >= 15 is 0 Å². The molecule has 1 heterocycles. The van der Waals surface area contributed by atoms with E-state index in [4.69, 9.17) is 14.3 Å². The molecule has 1 atom stereocenters. The normalized spacial score (nSPS) is 13.4. The smallest absolute Gasteiger partial charge is 0.255 e. The largest absolute Gasteiger partial charge is 0.493 e. The second-order valence-corrected chi connectivity index (χ2v) is 7.95. The number of fused-ring (bicyclic) bond motifs is 1. The monoisotopic (exact) mass is 460 g/mol. The van der Waals surface area contributed by atoms with Crippen LogP contribution in [0.4, 0.5) is 0 Å². The number of hydroxylamine groups is 1. The highest BCUT2D eigenvalue weighted by molar-refractivity contribution is 5.98. The minimum atomic E-state index is -0.509. The molecule has 0 aromatic heterocycles. The van der Waals surface area contributed by atoms with Crippen LogP contribution in [-0.2, 0) is 22.8 Å². The minimum absolute atomic E-state index is 0.0341. The fourth-order valence-electron chi connectivity index (χ4n) is 4.10. The van der Waals surface area contributed by atoms with Crippen LogP contribution < -0.4 is 15.0 Å². The van der Waals surface area contributed by atoms with Crippen LogP contribution in [-0.4, -0.2) is 30.4 Å². The molecule has 1 aliphatic heterocycles. The Labute approximate surface area is 199 Å². The Balaban J connectivity index is 1.55. The molecule has 0 fully saturated rings. The highest BCUT2D eigenvalue weighted by Crippen LogP contribution is 2.37. The molecule has 1 unspecified atom stereocenters. The first-order valence-electron chi connectivity index (χ1n) is 11.2. The molecule has 1 N–H and O–H groups in total. The van der Waals surface area contributed by atoms with Gasteiger partial charge in [0.05, 0.1) is 32.8 Å². The van der Waals surface area contributed by atoms with Gasteiger partial charge in [-0.05, 0) is 41.8 Å². The number of benzene rings is 3. The van der Waals surface area contributed by atoms with E-state index in [1.807, 2.05) is 73.7 Å². The molecule has 7 heteroatoms. The lowest BCUT2D eigenvalue weighted by Gasteiger charge is -2.28. The molecule has 3 aromatic rings. The third-order valence-electron chi connectivity index (χ3n) is 5.74. The van der Waals surface area contributed by atoms with Crippen LogP contribution in [0, 0.1) is 0 Å². The third kappa shape index (κ3) is 5.21. The maximum Gasteiger partial charge on any atom is 0.255 e. The van der Waals surface area contributed by atoms with Crippen molar-refractivity contribution >= 4 is 11.8 Å². The van der Waals surface area contributed by atoms with E-state index in [9.17, 15) is 9.59 Å². The van der Waals surface area contributed by atoms with Crippen molar-refractivity contribution in [1.29, 1.82) is 0 Å². The zero-order valence-electron chi connectivity index (χ0n) is 19.3. The molecule has 0 saturated carbocycles. The van der Waals surface area contributed by atoms with Gasteiger partial charge in [-0.2, -0.15) is 0 Å². The van der Waals surface area contributed by atoms with Crippen molar-refractivity contribution in [1.82, 2.24) is 10.4 Å². The maximum absolute atomic E-state index is 13.2. The van der Waals surface area contributed by atoms with Gasteiger partial charge in [0, 0.05) is 12.1 Å². The van der Waals surface area contributed by atoms with Crippen LogP contribution in [0.1, 0.15) is 46.4 Å². The molecule has 0 radical (unpaired) electrons. The molecule has 2 amide bonds. The summed E-state index contributed by atoms with van der Waals surface area (Å²) in [6.45, 7) is 3.03. The maximum atomic E-state index is 13.2. The van der Waals surface area contributed by atoms with Crippen LogP contribution in [0.15, 0.2) is 72.8 Å². The summed E-state index contributed by atoms with van der Waals surface area (Å²) in [6, 6.07) is 22.1. The zero-order valence-corrected chi connectivity index (χ0v) is 19.3. The van der Waals surface area contributed by atoms with E-state index in [0.29, 0.717) is 30.2 Å². The van der Waals surface area contributed by atoms with Crippen molar-refractivity contribution < 1.29 is 23.9 Å². The molecule has 176 valence electrons. The van der Waals surface area contributed by atoms with Gasteiger partial charge >= 0.3 is 0 Å². The van der Waals surface area contributed by atoms with Crippen molar-refractivity contribution in [3.8, 4) is 11.5 Å². The van der Waals surface area contributed by atoms with Gasteiger partial charge in [0.1, 0.15) is 0 Å². The fourth-order valence-corrected chi connectivity index (χ4v) is 4.10. The number of hydrogen-bond donors (Lipinski definition) is 1. The predicted molar refractivity (Wildman–Crippen MR) is 127 cm³/mol. The Morgan fingerprint density at radius 2 is 1.79 bits per heavy atom. The van der Waals surface area contributed by atoms with E-state index in [0.717, 1.165) is 16.7 Å². The lowest BCUT2D eigenvalue weighted by Crippen LogP contribution is -2.34. The van der Waals surface area contributed by atoms with Crippen molar-refractivity contribution in [2.45, 2.75) is 32.5 Å². The van der Waals surface area contributed by atoms with Crippen LogP contribution in [0.5, 0.6) is 11.5 Å². The van der Waals surface area contributed by atoms with Crippen LogP contribution in [0.25, 0.3) is 0 Å². The summed E-state index contributed by atoms with van der Waals surface area (Å²) in [5.41, 5.74) is 5.85. The van der Waals surface area contributed by atoms with Gasteiger partial charge in [-0.1, -0.05) is 54.6 Å². The molecule has 1 aliphatic rings. The highest BCUT2D eigenvalue weighted by Gasteiger charge is 2.35. The van der Waals surface area contributed by atoms with Gasteiger partial charge in [0.2, 0.25) is 5.91 Å². The molecule has 0 saturated heterocycles.